The number of nitrogens with zero attached hydrogens (tertiary/aromatic N) is 1. The Labute approximate surface area is 161 Å². The number of ether oxygens (including phenoxy) is 1. The van der Waals surface area contributed by atoms with Crippen LogP contribution in [-0.2, 0) is 6.54 Å². The van der Waals surface area contributed by atoms with E-state index in [1.54, 1.807) is 7.11 Å². The number of halogens is 1. The summed E-state index contributed by atoms with van der Waals surface area (Å²) in [7, 11) is 1.64. The van der Waals surface area contributed by atoms with Crippen LogP contribution in [0.2, 0.25) is 0 Å². The first-order valence-electron chi connectivity index (χ1n) is 8.35. The number of benzene rings is 2. The molecule has 0 bridgehead atoms. The van der Waals surface area contributed by atoms with Gasteiger partial charge in [0.15, 0.2) is 0 Å². The quantitative estimate of drug-likeness (QED) is 0.653. The molecule has 5 heteroatoms. The van der Waals surface area contributed by atoms with Gasteiger partial charge in [-0.25, -0.2) is 0 Å². The van der Waals surface area contributed by atoms with Crippen molar-refractivity contribution in [2.45, 2.75) is 20.4 Å². The Morgan fingerprint density at radius 2 is 1.69 bits per heavy atom. The molecule has 0 spiro atoms. The molecule has 0 atom stereocenters. The molecule has 1 heterocycles. The fraction of sp³-hybridized carbons (Fsp3) is 0.190. The maximum absolute atomic E-state index is 12.9. The van der Waals surface area contributed by atoms with Crippen LogP contribution in [0.4, 0.5) is 0 Å². The van der Waals surface area contributed by atoms with Crippen LogP contribution in [0.1, 0.15) is 27.3 Å². The third-order valence-electron chi connectivity index (χ3n) is 4.33. The Kier molecular flexibility index (Phi) is 5.47. The molecule has 1 aromatic heterocycles. The van der Waals surface area contributed by atoms with E-state index in [2.05, 4.69) is 37.9 Å². The van der Waals surface area contributed by atoms with E-state index in [0.29, 0.717) is 12.1 Å². The van der Waals surface area contributed by atoms with Gasteiger partial charge in [-0.1, -0.05) is 28.1 Å². The van der Waals surface area contributed by atoms with E-state index in [1.807, 2.05) is 56.3 Å². The molecule has 134 valence electrons. The van der Waals surface area contributed by atoms with E-state index in [-0.39, 0.29) is 5.91 Å². The van der Waals surface area contributed by atoms with Gasteiger partial charge in [-0.15, -0.1) is 0 Å². The fourth-order valence-electron chi connectivity index (χ4n) is 2.95. The van der Waals surface area contributed by atoms with Gasteiger partial charge < -0.3 is 14.6 Å². The molecule has 2 aromatic carbocycles. The molecule has 0 saturated carbocycles. The van der Waals surface area contributed by atoms with Gasteiger partial charge in [0, 0.05) is 22.4 Å². The Morgan fingerprint density at radius 3 is 2.31 bits per heavy atom. The lowest BCUT2D eigenvalue weighted by atomic mass is 10.1. The summed E-state index contributed by atoms with van der Waals surface area (Å²) in [6, 6.07) is 17.5. The Bertz CT molecular complexity index is 910. The third kappa shape index (κ3) is 3.83. The maximum Gasteiger partial charge on any atom is 0.253 e. The minimum Gasteiger partial charge on any atom is -0.497 e. The van der Waals surface area contributed by atoms with Crippen molar-refractivity contribution < 1.29 is 9.53 Å². The van der Waals surface area contributed by atoms with E-state index in [1.165, 1.54) is 0 Å². The molecular weight excluding hydrogens is 392 g/mol. The number of rotatable bonds is 5. The van der Waals surface area contributed by atoms with Crippen LogP contribution in [0.3, 0.4) is 0 Å². The van der Waals surface area contributed by atoms with Gasteiger partial charge in [-0.3, -0.25) is 4.79 Å². The van der Waals surface area contributed by atoms with Crippen molar-refractivity contribution in [1.29, 1.82) is 0 Å². The van der Waals surface area contributed by atoms with Crippen molar-refractivity contribution in [2.24, 2.45) is 0 Å². The Hall–Kier alpha value is -2.53. The van der Waals surface area contributed by atoms with Gasteiger partial charge in [0.1, 0.15) is 5.75 Å². The minimum absolute atomic E-state index is 0.107. The van der Waals surface area contributed by atoms with Crippen LogP contribution >= 0.6 is 15.9 Å². The summed E-state index contributed by atoms with van der Waals surface area (Å²) in [6.07, 6.45) is 0. The summed E-state index contributed by atoms with van der Waals surface area (Å²) in [6.45, 7) is 4.53. The number of aromatic nitrogens is 1. The summed E-state index contributed by atoms with van der Waals surface area (Å²) in [5, 5.41) is 3.01. The van der Waals surface area contributed by atoms with E-state index in [9.17, 15) is 4.79 Å². The van der Waals surface area contributed by atoms with Crippen molar-refractivity contribution in [3.05, 3.63) is 81.6 Å². The molecule has 0 aliphatic heterocycles. The van der Waals surface area contributed by atoms with E-state index >= 15 is 0 Å². The second-order valence-corrected chi connectivity index (χ2v) is 7.06. The van der Waals surface area contributed by atoms with E-state index in [4.69, 9.17) is 4.74 Å². The third-order valence-corrected chi connectivity index (χ3v) is 4.82. The SMILES string of the molecule is COc1ccc(CNC(=O)c2cc(Br)ccc2-n2c(C)ccc2C)cc1. The van der Waals surface area contributed by atoms with Crippen molar-refractivity contribution in [1.82, 2.24) is 9.88 Å². The molecule has 1 N–H and O–H groups in total. The predicted molar refractivity (Wildman–Crippen MR) is 107 cm³/mol. The summed E-state index contributed by atoms with van der Waals surface area (Å²) in [4.78, 5) is 12.9. The molecule has 0 radical (unpaired) electrons. The summed E-state index contributed by atoms with van der Waals surface area (Å²) < 4.78 is 8.13. The van der Waals surface area contributed by atoms with Gasteiger partial charge in [-0.2, -0.15) is 0 Å². The maximum atomic E-state index is 12.9. The predicted octanol–water partition coefficient (Wildman–Crippen LogP) is 4.80. The molecule has 3 rings (SSSR count). The molecule has 0 saturated heterocycles. The van der Waals surface area contributed by atoms with Crippen LogP contribution in [0.5, 0.6) is 5.75 Å². The summed E-state index contributed by atoms with van der Waals surface area (Å²) >= 11 is 3.47. The number of carbonyl (C=O) groups excluding carboxylic acids is 1. The van der Waals surface area contributed by atoms with Gasteiger partial charge in [0.05, 0.1) is 18.4 Å². The topological polar surface area (TPSA) is 43.3 Å². The first-order valence-corrected chi connectivity index (χ1v) is 9.15. The normalized spacial score (nSPS) is 10.6. The van der Waals surface area contributed by atoms with Gasteiger partial charge in [-0.05, 0) is 61.9 Å². The smallest absolute Gasteiger partial charge is 0.253 e. The number of amides is 1. The molecule has 0 aliphatic carbocycles. The molecule has 1 amide bonds. The minimum atomic E-state index is -0.107. The van der Waals surface area contributed by atoms with Crippen molar-refractivity contribution in [2.75, 3.05) is 7.11 Å². The molecular formula is C21H21BrN2O2. The number of methoxy groups -OCH3 is 1. The molecule has 4 nitrogen and oxygen atoms in total. The summed E-state index contributed by atoms with van der Waals surface area (Å²) in [5.41, 5.74) is 4.71. The highest BCUT2D eigenvalue weighted by atomic mass is 79.9. The highest BCUT2D eigenvalue weighted by Crippen LogP contribution is 2.24. The lowest BCUT2D eigenvalue weighted by Crippen LogP contribution is -2.24. The molecule has 0 unspecified atom stereocenters. The van der Waals surface area contributed by atoms with Crippen molar-refractivity contribution in [3.8, 4) is 11.4 Å². The zero-order chi connectivity index (χ0) is 18.7. The second kappa shape index (κ2) is 7.79. The standard InChI is InChI=1S/C21H21BrN2O2/c1-14-4-5-15(2)24(14)20-11-8-17(22)12-19(20)21(25)23-13-16-6-9-18(26-3)10-7-16/h4-12H,13H2,1-3H3,(H,23,25). The second-order valence-electron chi connectivity index (χ2n) is 6.14. The fourth-order valence-corrected chi connectivity index (χ4v) is 3.32. The zero-order valence-corrected chi connectivity index (χ0v) is 16.6. The Morgan fingerprint density at radius 1 is 1.04 bits per heavy atom. The first kappa shape index (κ1) is 18.3. The van der Waals surface area contributed by atoms with Crippen molar-refractivity contribution in [3.63, 3.8) is 0 Å². The van der Waals surface area contributed by atoms with E-state index < -0.39 is 0 Å². The number of carbonyl (C=O) groups is 1. The average Bonchev–Trinajstić information content (AvgIpc) is 2.98. The molecule has 0 fully saturated rings. The van der Waals surface area contributed by atoms with Gasteiger partial charge in [0.25, 0.3) is 5.91 Å². The highest BCUT2D eigenvalue weighted by molar-refractivity contribution is 9.10. The largest absolute Gasteiger partial charge is 0.497 e. The first-order chi connectivity index (χ1) is 12.5. The van der Waals surface area contributed by atoms with Gasteiger partial charge in [0.2, 0.25) is 0 Å². The lowest BCUT2D eigenvalue weighted by molar-refractivity contribution is 0.0951. The lowest BCUT2D eigenvalue weighted by Gasteiger charge is -2.15. The van der Waals surface area contributed by atoms with Crippen LogP contribution in [-0.4, -0.2) is 17.6 Å². The number of aryl methyl sites for hydroxylation is 2. The van der Waals surface area contributed by atoms with Crippen LogP contribution in [0.15, 0.2) is 59.1 Å². The van der Waals surface area contributed by atoms with Gasteiger partial charge >= 0.3 is 0 Å². The molecule has 0 aliphatic rings. The number of hydrogen-bond donors (Lipinski definition) is 1. The Balaban J connectivity index is 1.85. The van der Waals surface area contributed by atoms with Crippen LogP contribution < -0.4 is 10.1 Å². The number of nitrogens with one attached hydrogen (secondary N) is 1. The highest BCUT2D eigenvalue weighted by Gasteiger charge is 2.15. The van der Waals surface area contributed by atoms with Crippen molar-refractivity contribution >= 4 is 21.8 Å². The van der Waals surface area contributed by atoms with E-state index in [0.717, 1.165) is 32.9 Å². The summed E-state index contributed by atoms with van der Waals surface area (Å²) in [5.74, 6) is 0.692. The average molecular weight is 413 g/mol. The number of hydrogen-bond acceptors (Lipinski definition) is 2. The van der Waals surface area contributed by atoms with Crippen LogP contribution in [0.25, 0.3) is 5.69 Å². The molecule has 3 aromatic rings. The van der Waals surface area contributed by atoms with Crippen LogP contribution in [0, 0.1) is 13.8 Å². The molecule has 26 heavy (non-hydrogen) atoms. The zero-order valence-electron chi connectivity index (χ0n) is 15.0. The monoisotopic (exact) mass is 412 g/mol.